The number of nitrogens with zero attached hydrogens (tertiary/aromatic N) is 3. The molecule has 1 aliphatic heterocycles. The number of rotatable bonds is 1. The second-order valence-corrected chi connectivity index (χ2v) is 2.27. The van der Waals surface area contributed by atoms with Gasteiger partial charge in [-0.2, -0.15) is 15.8 Å². The summed E-state index contributed by atoms with van der Waals surface area (Å²) in [6.45, 7) is 4.04. The Hall–Kier alpha value is -0.930. The van der Waals surface area contributed by atoms with Gasteiger partial charge in [0.05, 0.1) is 6.21 Å². The van der Waals surface area contributed by atoms with Crippen molar-refractivity contribution < 1.29 is 0 Å². The van der Waals surface area contributed by atoms with Crippen LogP contribution in [0.5, 0.6) is 0 Å². The average molecular weight is 126 g/mol. The third kappa shape index (κ3) is 1.25. The molecule has 0 fully saturated rings. The predicted molar refractivity (Wildman–Crippen MR) is 35.2 cm³/mol. The Morgan fingerprint density at radius 2 is 2.44 bits per heavy atom. The Kier molecular flexibility index (Phi) is 1.46. The standard InChI is InChI=1S/C5H10N4/c1-3-5(2)4-6-8-9-7-5/h4H,3H2,1-2H3,(H,7,8). The van der Waals surface area contributed by atoms with Crippen molar-refractivity contribution in [1.29, 1.82) is 0 Å². The molecule has 1 heterocycles. The van der Waals surface area contributed by atoms with Crippen molar-refractivity contribution in [3.8, 4) is 0 Å². The van der Waals surface area contributed by atoms with Crippen LogP contribution in [0.2, 0.25) is 0 Å². The van der Waals surface area contributed by atoms with E-state index < -0.39 is 0 Å². The van der Waals surface area contributed by atoms with Gasteiger partial charge in [0, 0.05) is 0 Å². The molecule has 1 unspecified atom stereocenters. The van der Waals surface area contributed by atoms with Crippen LogP contribution in [0.25, 0.3) is 0 Å². The van der Waals surface area contributed by atoms with Gasteiger partial charge in [0.15, 0.2) is 0 Å². The molecule has 1 aliphatic rings. The van der Waals surface area contributed by atoms with E-state index in [9.17, 15) is 0 Å². The number of nitrogens with one attached hydrogen (secondary N) is 1. The van der Waals surface area contributed by atoms with E-state index in [0.717, 1.165) is 6.42 Å². The smallest absolute Gasteiger partial charge is 0.117 e. The minimum atomic E-state index is -0.175. The average Bonchev–Trinajstić information content (AvgIpc) is 1.90. The first-order valence-electron chi connectivity index (χ1n) is 2.98. The summed E-state index contributed by atoms with van der Waals surface area (Å²) in [4.78, 5) is 0. The number of hydrogen-bond donors (Lipinski definition) is 1. The maximum Gasteiger partial charge on any atom is 0.117 e. The summed E-state index contributed by atoms with van der Waals surface area (Å²) in [5.41, 5.74) is 2.23. The van der Waals surface area contributed by atoms with Crippen LogP contribution < -0.4 is 5.53 Å². The van der Waals surface area contributed by atoms with Gasteiger partial charge in [0.1, 0.15) is 5.54 Å². The van der Waals surface area contributed by atoms with Gasteiger partial charge in [0.2, 0.25) is 0 Å². The Labute approximate surface area is 54.0 Å². The van der Waals surface area contributed by atoms with Crippen LogP contribution in [0.15, 0.2) is 15.4 Å². The summed E-state index contributed by atoms with van der Waals surface area (Å²) >= 11 is 0. The van der Waals surface area contributed by atoms with Gasteiger partial charge >= 0.3 is 0 Å². The van der Waals surface area contributed by atoms with Crippen LogP contribution in [-0.2, 0) is 0 Å². The summed E-state index contributed by atoms with van der Waals surface area (Å²) in [7, 11) is 0. The molecule has 9 heavy (non-hydrogen) atoms. The first-order valence-corrected chi connectivity index (χ1v) is 2.98. The van der Waals surface area contributed by atoms with Crippen molar-refractivity contribution in [2.75, 3.05) is 0 Å². The molecule has 1 N–H and O–H groups in total. The summed E-state index contributed by atoms with van der Waals surface area (Å²) in [6.07, 6.45) is 2.70. The lowest BCUT2D eigenvalue weighted by molar-refractivity contribution is 0.517. The van der Waals surface area contributed by atoms with Gasteiger partial charge in [-0.1, -0.05) is 12.1 Å². The van der Waals surface area contributed by atoms with Crippen LogP contribution in [0.3, 0.4) is 0 Å². The minimum absolute atomic E-state index is 0.175. The van der Waals surface area contributed by atoms with E-state index in [1.807, 2.05) is 6.92 Å². The maximum atomic E-state index is 3.94. The second kappa shape index (κ2) is 2.13. The van der Waals surface area contributed by atoms with E-state index in [1.54, 1.807) is 6.21 Å². The van der Waals surface area contributed by atoms with Crippen molar-refractivity contribution >= 4 is 6.21 Å². The number of hydrazone groups is 1. The van der Waals surface area contributed by atoms with Gasteiger partial charge in [-0.15, -0.1) is 0 Å². The normalized spacial score (nSPS) is 32.2. The maximum absolute atomic E-state index is 3.94. The van der Waals surface area contributed by atoms with Crippen LogP contribution in [0, 0.1) is 0 Å². The lowest BCUT2D eigenvalue weighted by Gasteiger charge is -2.17. The van der Waals surface area contributed by atoms with E-state index in [1.165, 1.54) is 0 Å². The van der Waals surface area contributed by atoms with Crippen molar-refractivity contribution in [2.45, 2.75) is 25.8 Å². The molecule has 0 amide bonds. The van der Waals surface area contributed by atoms with Gasteiger partial charge < -0.3 is 0 Å². The molecule has 0 saturated heterocycles. The Morgan fingerprint density at radius 1 is 1.67 bits per heavy atom. The minimum Gasteiger partial charge on any atom is -0.180 e. The summed E-state index contributed by atoms with van der Waals surface area (Å²) in [5, 5.41) is 11.3. The topological polar surface area (TPSA) is 49.1 Å². The highest BCUT2D eigenvalue weighted by atomic mass is 15.6. The van der Waals surface area contributed by atoms with Crippen molar-refractivity contribution in [1.82, 2.24) is 5.53 Å². The Bertz CT molecular complexity index is 137. The quantitative estimate of drug-likeness (QED) is 0.562. The third-order valence-corrected chi connectivity index (χ3v) is 1.44. The fourth-order valence-electron chi connectivity index (χ4n) is 0.518. The second-order valence-electron chi connectivity index (χ2n) is 2.27. The molecule has 0 radical (unpaired) electrons. The lowest BCUT2D eigenvalue weighted by atomic mass is 10.0. The zero-order valence-electron chi connectivity index (χ0n) is 5.63. The predicted octanol–water partition coefficient (Wildman–Crippen LogP) is 1.11. The fourth-order valence-corrected chi connectivity index (χ4v) is 0.518. The molecule has 0 bridgehead atoms. The molecule has 0 aromatic carbocycles. The highest BCUT2D eigenvalue weighted by molar-refractivity contribution is 5.69. The highest BCUT2D eigenvalue weighted by Crippen LogP contribution is 2.13. The molecule has 0 spiro atoms. The number of hydrogen-bond acceptors (Lipinski definition) is 4. The van der Waals surface area contributed by atoms with Gasteiger partial charge in [-0.3, -0.25) is 0 Å². The Balaban J connectivity index is 2.67. The van der Waals surface area contributed by atoms with Crippen molar-refractivity contribution in [3.05, 3.63) is 0 Å². The van der Waals surface area contributed by atoms with E-state index in [-0.39, 0.29) is 5.54 Å². The largest absolute Gasteiger partial charge is 0.180 e. The molecule has 4 heteroatoms. The van der Waals surface area contributed by atoms with Crippen molar-refractivity contribution in [3.63, 3.8) is 0 Å². The summed E-state index contributed by atoms with van der Waals surface area (Å²) in [6, 6.07) is 0. The molecule has 0 saturated carbocycles. The van der Waals surface area contributed by atoms with Gasteiger partial charge in [-0.25, -0.2) is 0 Å². The fraction of sp³-hybridized carbons (Fsp3) is 0.800. The van der Waals surface area contributed by atoms with Gasteiger partial charge in [-0.05, 0) is 13.3 Å². The highest BCUT2D eigenvalue weighted by Gasteiger charge is 2.19. The monoisotopic (exact) mass is 126 g/mol. The lowest BCUT2D eigenvalue weighted by Crippen LogP contribution is -2.26. The molecular weight excluding hydrogens is 116 g/mol. The van der Waals surface area contributed by atoms with E-state index in [4.69, 9.17) is 0 Å². The molecule has 0 aromatic rings. The van der Waals surface area contributed by atoms with E-state index in [2.05, 4.69) is 27.9 Å². The van der Waals surface area contributed by atoms with E-state index in [0.29, 0.717) is 0 Å². The van der Waals surface area contributed by atoms with E-state index >= 15 is 0 Å². The zero-order valence-corrected chi connectivity index (χ0v) is 5.63. The van der Waals surface area contributed by atoms with Crippen LogP contribution in [0.1, 0.15) is 20.3 Å². The molecule has 0 aromatic heterocycles. The van der Waals surface area contributed by atoms with Gasteiger partial charge in [0.25, 0.3) is 0 Å². The molecule has 50 valence electrons. The molecular formula is C5H10N4. The molecule has 0 aliphatic carbocycles. The van der Waals surface area contributed by atoms with Crippen LogP contribution >= 0.6 is 0 Å². The molecule has 4 nitrogen and oxygen atoms in total. The van der Waals surface area contributed by atoms with Crippen LogP contribution in [-0.4, -0.2) is 11.8 Å². The molecule has 1 atom stereocenters. The SMILES string of the molecule is CCC1(C)C=NNN=N1. The molecule has 1 rings (SSSR count). The van der Waals surface area contributed by atoms with Crippen molar-refractivity contribution in [2.24, 2.45) is 15.4 Å². The van der Waals surface area contributed by atoms with Crippen LogP contribution in [0.4, 0.5) is 0 Å². The first-order chi connectivity index (χ1) is 4.27. The third-order valence-electron chi connectivity index (χ3n) is 1.44. The summed E-state index contributed by atoms with van der Waals surface area (Å²) < 4.78 is 0. The summed E-state index contributed by atoms with van der Waals surface area (Å²) in [5.74, 6) is 0. The first kappa shape index (κ1) is 6.19. The zero-order chi connectivity index (χ0) is 6.74. The Morgan fingerprint density at radius 3 is 2.78 bits per heavy atom.